The van der Waals surface area contributed by atoms with Gasteiger partial charge < -0.3 is 9.73 Å². The molecule has 1 saturated heterocycles. The van der Waals surface area contributed by atoms with Crippen molar-refractivity contribution < 1.29 is 27.2 Å². The Morgan fingerprint density at radius 2 is 1.89 bits per heavy atom. The Kier molecular flexibility index (Phi) is 6.52. The van der Waals surface area contributed by atoms with E-state index in [-0.39, 0.29) is 21.7 Å². The number of amides is 2. The lowest BCUT2D eigenvalue weighted by atomic mass is 10.0. The second-order valence-electron chi connectivity index (χ2n) is 8.59. The van der Waals surface area contributed by atoms with E-state index >= 15 is 0 Å². The quantitative estimate of drug-likeness (QED) is 0.404. The Bertz CT molecular complexity index is 1400. The largest absolute Gasteiger partial charge is 0.452 e. The number of carbonyl (C=O) groups is 2. The van der Waals surface area contributed by atoms with Crippen LogP contribution in [0.15, 0.2) is 61.0 Å². The molecule has 0 bridgehead atoms. The maximum absolute atomic E-state index is 14.0. The second-order valence-corrected chi connectivity index (χ2v) is 10.2. The van der Waals surface area contributed by atoms with Crippen LogP contribution in [0.25, 0.3) is 0 Å². The fourth-order valence-corrected chi connectivity index (χ4v) is 5.25. The summed E-state index contributed by atoms with van der Waals surface area (Å²) in [5.41, 5.74) is 0.199. The van der Waals surface area contributed by atoms with E-state index in [9.17, 15) is 22.8 Å². The Labute approximate surface area is 225 Å². The SMILES string of the molecule is CC1C(=NC(=O)c2nn3c(c2Br)NC(c2ccc(Br)o2)CC3C(F)(F)F)C(=O)N(c2ccccc2)N1C. The maximum Gasteiger partial charge on any atom is 0.410 e. The molecular weight excluding hydrogens is 625 g/mol. The number of hydrazine groups is 1. The molecule has 0 aliphatic carbocycles. The van der Waals surface area contributed by atoms with Crippen LogP contribution in [0.1, 0.15) is 41.7 Å². The summed E-state index contributed by atoms with van der Waals surface area (Å²) >= 11 is 6.39. The average molecular weight is 644 g/mol. The van der Waals surface area contributed by atoms with Crippen molar-refractivity contribution in [3.05, 3.63) is 63.1 Å². The number of nitrogens with one attached hydrogen (secondary N) is 1. The number of rotatable bonds is 3. The number of anilines is 2. The zero-order valence-corrected chi connectivity index (χ0v) is 22.5. The van der Waals surface area contributed by atoms with Gasteiger partial charge in [-0.3, -0.25) is 9.59 Å². The number of halogens is 5. The first-order valence-electron chi connectivity index (χ1n) is 11.1. The smallest absolute Gasteiger partial charge is 0.410 e. The van der Waals surface area contributed by atoms with Gasteiger partial charge in [0, 0.05) is 13.5 Å². The molecule has 0 saturated carbocycles. The molecule has 1 fully saturated rings. The van der Waals surface area contributed by atoms with Crippen LogP contribution in [0.4, 0.5) is 24.7 Å². The van der Waals surface area contributed by atoms with E-state index in [1.54, 1.807) is 55.4 Å². The second kappa shape index (κ2) is 9.40. The van der Waals surface area contributed by atoms with Gasteiger partial charge in [-0.15, -0.1) is 0 Å². The number of benzene rings is 1. The molecule has 1 N–H and O–H groups in total. The van der Waals surface area contributed by atoms with Crippen LogP contribution in [0.3, 0.4) is 0 Å². The zero-order chi connectivity index (χ0) is 26.6. The van der Waals surface area contributed by atoms with Gasteiger partial charge in [-0.25, -0.2) is 19.7 Å². The van der Waals surface area contributed by atoms with Crippen LogP contribution in [0.5, 0.6) is 0 Å². The number of para-hydroxylation sites is 1. The van der Waals surface area contributed by atoms with Crippen molar-refractivity contribution in [2.24, 2.45) is 4.99 Å². The molecule has 3 unspecified atom stereocenters. The molecule has 5 rings (SSSR count). The lowest BCUT2D eigenvalue weighted by Crippen LogP contribution is -2.38. The monoisotopic (exact) mass is 642 g/mol. The number of furan rings is 1. The van der Waals surface area contributed by atoms with Gasteiger partial charge in [-0.1, -0.05) is 18.2 Å². The average Bonchev–Trinajstić information content (AvgIpc) is 3.49. The fraction of sp³-hybridized carbons (Fsp3) is 0.304. The molecule has 2 aliphatic rings. The van der Waals surface area contributed by atoms with Crippen molar-refractivity contribution >= 4 is 60.9 Å². The zero-order valence-electron chi connectivity index (χ0n) is 19.3. The predicted molar refractivity (Wildman–Crippen MR) is 135 cm³/mol. The predicted octanol–water partition coefficient (Wildman–Crippen LogP) is 5.52. The molecule has 3 aromatic rings. The minimum absolute atomic E-state index is 0.0118. The Morgan fingerprint density at radius 1 is 1.19 bits per heavy atom. The first-order valence-corrected chi connectivity index (χ1v) is 12.7. The van der Waals surface area contributed by atoms with E-state index < -0.39 is 42.5 Å². The van der Waals surface area contributed by atoms with Gasteiger partial charge in [-0.05, 0) is 63.0 Å². The van der Waals surface area contributed by atoms with E-state index in [0.717, 1.165) is 4.68 Å². The van der Waals surface area contributed by atoms with Crippen molar-refractivity contribution in [3.8, 4) is 0 Å². The number of hydrogen-bond acceptors (Lipinski definition) is 6. The molecule has 0 radical (unpaired) electrons. The third-order valence-electron chi connectivity index (χ3n) is 6.34. The van der Waals surface area contributed by atoms with Crippen molar-refractivity contribution in [3.63, 3.8) is 0 Å². The lowest BCUT2D eigenvalue weighted by Gasteiger charge is -2.32. The van der Waals surface area contributed by atoms with Crippen molar-refractivity contribution in [2.45, 2.75) is 37.6 Å². The number of fused-ring (bicyclic) bond motifs is 1. The fourth-order valence-electron chi connectivity index (χ4n) is 4.38. The van der Waals surface area contributed by atoms with E-state index in [0.29, 0.717) is 16.1 Å². The van der Waals surface area contributed by atoms with Crippen molar-refractivity contribution in [1.29, 1.82) is 0 Å². The van der Waals surface area contributed by atoms with E-state index in [4.69, 9.17) is 4.42 Å². The summed E-state index contributed by atoms with van der Waals surface area (Å²) in [5.74, 6) is -1.19. The van der Waals surface area contributed by atoms with Gasteiger partial charge in [0.2, 0.25) is 0 Å². The molecule has 14 heteroatoms. The van der Waals surface area contributed by atoms with Gasteiger partial charge in [-0.2, -0.15) is 18.3 Å². The summed E-state index contributed by atoms with van der Waals surface area (Å²) in [6.07, 6.45) is -5.05. The number of alkyl halides is 3. The van der Waals surface area contributed by atoms with Crippen LogP contribution in [0.2, 0.25) is 0 Å². The van der Waals surface area contributed by atoms with Gasteiger partial charge in [0.05, 0.1) is 22.2 Å². The highest BCUT2D eigenvalue weighted by Gasteiger charge is 2.48. The summed E-state index contributed by atoms with van der Waals surface area (Å²) in [4.78, 5) is 30.3. The van der Waals surface area contributed by atoms with Gasteiger partial charge >= 0.3 is 6.18 Å². The standard InChI is InChI=1S/C23H19Br2F3N6O3/c1-11-18(22(36)34(32(11)2)12-6-4-3-5-7-12)30-21(35)19-17(25)20-29-13(14-8-9-16(24)37-14)10-15(23(26,27)28)33(20)31-19/h3-9,11,13,15,29H,10H2,1-2H3. The normalized spacial score (nSPS) is 23.4. The first-order chi connectivity index (χ1) is 17.5. The summed E-state index contributed by atoms with van der Waals surface area (Å²) in [7, 11) is 1.68. The minimum Gasteiger partial charge on any atom is -0.452 e. The van der Waals surface area contributed by atoms with Crippen LogP contribution in [0, 0.1) is 0 Å². The van der Waals surface area contributed by atoms with Gasteiger partial charge in [0.15, 0.2) is 16.4 Å². The number of hydrogen-bond donors (Lipinski definition) is 1. The van der Waals surface area contributed by atoms with Crippen LogP contribution >= 0.6 is 31.9 Å². The van der Waals surface area contributed by atoms with Gasteiger partial charge in [0.25, 0.3) is 11.8 Å². The molecule has 1 aromatic carbocycles. The molecule has 2 amide bonds. The van der Waals surface area contributed by atoms with Crippen LogP contribution < -0.4 is 10.3 Å². The number of nitrogens with zero attached hydrogens (tertiary/aromatic N) is 5. The Balaban J connectivity index is 1.50. The molecule has 2 aromatic heterocycles. The highest BCUT2D eigenvalue weighted by Crippen LogP contribution is 2.46. The third-order valence-corrected chi connectivity index (χ3v) is 7.52. The number of aromatic nitrogens is 2. The highest BCUT2D eigenvalue weighted by atomic mass is 79.9. The molecule has 4 heterocycles. The van der Waals surface area contributed by atoms with E-state index in [1.165, 1.54) is 5.01 Å². The summed E-state index contributed by atoms with van der Waals surface area (Å²) in [6.45, 7) is 1.70. The topological polar surface area (TPSA) is 96.0 Å². The Hall–Kier alpha value is -2.97. The Morgan fingerprint density at radius 3 is 2.51 bits per heavy atom. The molecule has 0 spiro atoms. The maximum atomic E-state index is 14.0. The molecule has 37 heavy (non-hydrogen) atoms. The highest BCUT2D eigenvalue weighted by molar-refractivity contribution is 9.10. The van der Waals surface area contributed by atoms with E-state index in [2.05, 4.69) is 47.3 Å². The lowest BCUT2D eigenvalue weighted by molar-refractivity contribution is -0.174. The summed E-state index contributed by atoms with van der Waals surface area (Å²) in [6, 6.07) is 8.58. The molecule has 2 aliphatic heterocycles. The number of carbonyl (C=O) groups excluding carboxylic acids is 2. The van der Waals surface area contributed by atoms with Crippen LogP contribution in [-0.4, -0.2) is 51.6 Å². The van der Waals surface area contributed by atoms with E-state index in [1.807, 2.05) is 6.07 Å². The minimum atomic E-state index is -4.65. The van der Waals surface area contributed by atoms with Crippen molar-refractivity contribution in [1.82, 2.24) is 14.8 Å². The molecule has 9 nitrogen and oxygen atoms in total. The van der Waals surface area contributed by atoms with Gasteiger partial charge in [0.1, 0.15) is 17.3 Å². The molecular formula is C23H19Br2F3N6O3. The molecule has 194 valence electrons. The number of aliphatic imine (C=N–C) groups is 1. The summed E-state index contributed by atoms with van der Waals surface area (Å²) < 4.78 is 48.7. The third kappa shape index (κ3) is 4.50. The van der Waals surface area contributed by atoms with Crippen LogP contribution in [-0.2, 0) is 4.79 Å². The van der Waals surface area contributed by atoms with Crippen molar-refractivity contribution in [2.75, 3.05) is 17.4 Å². The molecule has 3 atom stereocenters. The summed E-state index contributed by atoms with van der Waals surface area (Å²) in [5, 5.41) is 9.96. The first kappa shape index (κ1) is 25.7.